The lowest BCUT2D eigenvalue weighted by molar-refractivity contribution is 0.393. The second kappa shape index (κ2) is 6.00. The van der Waals surface area contributed by atoms with Crippen LogP contribution in [0.1, 0.15) is 31.2 Å². The minimum Gasteiger partial charge on any atom is -0.497 e. The van der Waals surface area contributed by atoms with Gasteiger partial charge in [-0.3, -0.25) is 0 Å². The average Bonchev–Trinajstić information content (AvgIpc) is 2.35. The Morgan fingerprint density at radius 2 is 1.94 bits per heavy atom. The summed E-state index contributed by atoms with van der Waals surface area (Å²) in [5, 5.41) is -0.0463. The normalized spacial score (nSPS) is 14.3. The van der Waals surface area contributed by atoms with Crippen LogP contribution in [-0.4, -0.2) is 14.2 Å². The van der Waals surface area contributed by atoms with Crippen molar-refractivity contribution < 1.29 is 9.47 Å². The Morgan fingerprint density at radius 3 is 2.44 bits per heavy atom. The van der Waals surface area contributed by atoms with Crippen LogP contribution in [0.25, 0.3) is 0 Å². The van der Waals surface area contributed by atoms with E-state index in [0.717, 1.165) is 23.5 Å². The number of methoxy groups -OCH3 is 2. The molecule has 0 radical (unpaired) electrons. The predicted octanol–water partition coefficient (Wildman–Crippen LogP) is 4.03. The molecule has 0 bridgehead atoms. The fourth-order valence-corrected chi connectivity index (χ4v) is 1.92. The number of hydrogen-bond acceptors (Lipinski definition) is 2. The number of benzene rings is 1. The molecule has 0 saturated heterocycles. The lowest BCUT2D eigenvalue weighted by Crippen LogP contribution is -2.05. The van der Waals surface area contributed by atoms with Crippen molar-refractivity contribution >= 4 is 11.6 Å². The van der Waals surface area contributed by atoms with Gasteiger partial charge in [0.15, 0.2) is 0 Å². The van der Waals surface area contributed by atoms with Crippen LogP contribution in [0.15, 0.2) is 18.2 Å². The van der Waals surface area contributed by atoms with E-state index >= 15 is 0 Å². The maximum atomic E-state index is 6.43. The summed E-state index contributed by atoms with van der Waals surface area (Å²) in [5.74, 6) is 2.04. The van der Waals surface area contributed by atoms with E-state index in [-0.39, 0.29) is 5.38 Å². The summed E-state index contributed by atoms with van der Waals surface area (Å²) in [7, 11) is 3.31. The summed E-state index contributed by atoms with van der Waals surface area (Å²) in [6.07, 6.45) is 1.04. The number of halogens is 1. The molecule has 16 heavy (non-hydrogen) atoms. The van der Waals surface area contributed by atoms with Crippen molar-refractivity contribution in [1.82, 2.24) is 0 Å². The van der Waals surface area contributed by atoms with Crippen molar-refractivity contribution in [2.75, 3.05) is 14.2 Å². The van der Waals surface area contributed by atoms with Crippen LogP contribution in [0.4, 0.5) is 0 Å². The molecule has 0 aliphatic carbocycles. The van der Waals surface area contributed by atoms with Gasteiger partial charge in [-0.2, -0.15) is 0 Å². The lowest BCUT2D eigenvalue weighted by atomic mass is 9.97. The van der Waals surface area contributed by atoms with Gasteiger partial charge in [-0.1, -0.05) is 20.3 Å². The molecule has 3 heteroatoms. The Morgan fingerprint density at radius 1 is 1.25 bits per heavy atom. The number of ether oxygens (including phenoxy) is 2. The zero-order valence-corrected chi connectivity index (χ0v) is 11.0. The summed E-state index contributed by atoms with van der Waals surface area (Å²) in [6.45, 7) is 4.27. The zero-order valence-electron chi connectivity index (χ0n) is 10.3. The van der Waals surface area contributed by atoms with Gasteiger partial charge in [-0.25, -0.2) is 0 Å². The van der Waals surface area contributed by atoms with Gasteiger partial charge in [-0.15, -0.1) is 11.6 Å². The van der Waals surface area contributed by atoms with E-state index in [2.05, 4.69) is 13.8 Å². The van der Waals surface area contributed by atoms with Crippen LogP contribution in [0.2, 0.25) is 0 Å². The Labute approximate surface area is 103 Å². The van der Waals surface area contributed by atoms with Gasteiger partial charge in [0.1, 0.15) is 11.5 Å². The molecule has 2 unspecified atom stereocenters. The maximum absolute atomic E-state index is 6.43. The van der Waals surface area contributed by atoms with Crippen LogP contribution in [0, 0.1) is 5.92 Å². The van der Waals surface area contributed by atoms with E-state index in [1.807, 2.05) is 18.2 Å². The molecule has 2 atom stereocenters. The first kappa shape index (κ1) is 13.2. The Kier molecular flexibility index (Phi) is 4.94. The third kappa shape index (κ3) is 2.82. The van der Waals surface area contributed by atoms with Crippen LogP contribution in [0.5, 0.6) is 11.5 Å². The molecule has 1 aromatic rings. The fourth-order valence-electron chi connectivity index (χ4n) is 1.57. The monoisotopic (exact) mass is 242 g/mol. The van der Waals surface area contributed by atoms with Crippen molar-refractivity contribution in [3.05, 3.63) is 23.8 Å². The van der Waals surface area contributed by atoms with Crippen LogP contribution in [0.3, 0.4) is 0 Å². The topological polar surface area (TPSA) is 18.5 Å². The highest BCUT2D eigenvalue weighted by molar-refractivity contribution is 6.21. The average molecular weight is 243 g/mol. The van der Waals surface area contributed by atoms with Crippen molar-refractivity contribution in [3.8, 4) is 11.5 Å². The lowest BCUT2D eigenvalue weighted by Gasteiger charge is -2.19. The zero-order chi connectivity index (χ0) is 12.1. The van der Waals surface area contributed by atoms with Gasteiger partial charge >= 0.3 is 0 Å². The summed E-state index contributed by atoms with van der Waals surface area (Å²) in [5.41, 5.74) is 0.998. The van der Waals surface area contributed by atoms with E-state index in [4.69, 9.17) is 21.1 Å². The minimum absolute atomic E-state index is 0.0463. The molecule has 0 saturated carbocycles. The fraction of sp³-hybridized carbons (Fsp3) is 0.538. The molecule has 1 aromatic carbocycles. The van der Waals surface area contributed by atoms with Crippen LogP contribution >= 0.6 is 11.6 Å². The molecule has 0 aromatic heterocycles. The third-order valence-corrected chi connectivity index (χ3v) is 3.54. The number of hydrogen-bond donors (Lipinski definition) is 0. The smallest absolute Gasteiger partial charge is 0.123 e. The van der Waals surface area contributed by atoms with Crippen LogP contribution in [-0.2, 0) is 0 Å². The molecule has 1 rings (SSSR count). The van der Waals surface area contributed by atoms with E-state index < -0.39 is 0 Å². The van der Waals surface area contributed by atoms with Crippen LogP contribution < -0.4 is 9.47 Å². The van der Waals surface area contributed by atoms with E-state index in [1.54, 1.807) is 14.2 Å². The summed E-state index contributed by atoms with van der Waals surface area (Å²) >= 11 is 6.43. The standard InChI is InChI=1S/C13H19ClO2/c1-5-9(2)13(14)11-8-10(15-3)6-7-12(11)16-4/h6-9,13H,5H2,1-4H3. The SMILES string of the molecule is CCC(C)C(Cl)c1cc(OC)ccc1OC. The number of rotatable bonds is 5. The first-order valence-corrected chi connectivity index (χ1v) is 5.93. The molecule has 0 heterocycles. The summed E-state index contributed by atoms with van der Waals surface area (Å²) in [6, 6.07) is 5.72. The third-order valence-electron chi connectivity index (χ3n) is 2.88. The predicted molar refractivity (Wildman–Crippen MR) is 67.6 cm³/mol. The molecule has 0 N–H and O–H groups in total. The van der Waals surface area contributed by atoms with Gasteiger partial charge in [0.2, 0.25) is 0 Å². The highest BCUT2D eigenvalue weighted by Gasteiger charge is 2.19. The van der Waals surface area contributed by atoms with Crippen molar-refractivity contribution in [2.45, 2.75) is 25.6 Å². The molecular formula is C13H19ClO2. The minimum atomic E-state index is -0.0463. The van der Waals surface area contributed by atoms with E-state index in [0.29, 0.717) is 5.92 Å². The Hall–Kier alpha value is -0.890. The van der Waals surface area contributed by atoms with E-state index in [1.165, 1.54) is 0 Å². The first-order valence-electron chi connectivity index (χ1n) is 5.50. The van der Waals surface area contributed by atoms with Gasteiger partial charge in [0.05, 0.1) is 19.6 Å². The molecule has 0 fully saturated rings. The van der Waals surface area contributed by atoms with Crippen molar-refractivity contribution in [3.63, 3.8) is 0 Å². The summed E-state index contributed by atoms with van der Waals surface area (Å²) in [4.78, 5) is 0. The second-order valence-electron chi connectivity index (χ2n) is 3.90. The quantitative estimate of drug-likeness (QED) is 0.726. The molecule has 2 nitrogen and oxygen atoms in total. The number of alkyl halides is 1. The van der Waals surface area contributed by atoms with Gasteiger partial charge < -0.3 is 9.47 Å². The van der Waals surface area contributed by atoms with Crippen molar-refractivity contribution in [2.24, 2.45) is 5.92 Å². The molecule has 0 spiro atoms. The summed E-state index contributed by atoms with van der Waals surface area (Å²) < 4.78 is 10.5. The van der Waals surface area contributed by atoms with Crippen molar-refractivity contribution in [1.29, 1.82) is 0 Å². The molecular weight excluding hydrogens is 224 g/mol. The second-order valence-corrected chi connectivity index (χ2v) is 4.37. The maximum Gasteiger partial charge on any atom is 0.123 e. The first-order chi connectivity index (χ1) is 7.63. The molecule has 0 aliphatic heterocycles. The highest BCUT2D eigenvalue weighted by atomic mass is 35.5. The largest absolute Gasteiger partial charge is 0.497 e. The molecule has 90 valence electrons. The highest BCUT2D eigenvalue weighted by Crippen LogP contribution is 2.38. The Balaban J connectivity index is 3.07. The molecule has 0 aliphatic rings. The van der Waals surface area contributed by atoms with E-state index in [9.17, 15) is 0 Å². The van der Waals surface area contributed by atoms with Gasteiger partial charge in [-0.05, 0) is 24.1 Å². The Bertz CT molecular complexity index is 339. The van der Waals surface area contributed by atoms with Gasteiger partial charge in [0, 0.05) is 5.56 Å². The molecule has 0 amide bonds. The van der Waals surface area contributed by atoms with Gasteiger partial charge in [0.25, 0.3) is 0 Å².